The molecule has 0 aliphatic heterocycles. The Morgan fingerprint density at radius 1 is 1.50 bits per heavy atom. The SMILES string of the molecule is NC(=CC(=O)O)C(Cl)(Cl)Cl. The summed E-state index contributed by atoms with van der Waals surface area (Å²) in [5.41, 5.74) is 4.72. The molecule has 0 aliphatic carbocycles. The molecular formula is C4H4Cl3NO2. The molecule has 0 saturated heterocycles. The molecule has 0 heterocycles. The highest BCUT2D eigenvalue weighted by molar-refractivity contribution is 6.69. The van der Waals surface area contributed by atoms with Gasteiger partial charge in [0.15, 0.2) is 0 Å². The Morgan fingerprint density at radius 3 is 2.00 bits per heavy atom. The molecule has 0 radical (unpaired) electrons. The lowest BCUT2D eigenvalue weighted by Gasteiger charge is -2.08. The van der Waals surface area contributed by atoms with Gasteiger partial charge in [0.2, 0.25) is 3.79 Å². The first-order chi connectivity index (χ1) is 4.34. The molecule has 0 aromatic heterocycles. The van der Waals surface area contributed by atoms with Gasteiger partial charge in [-0.25, -0.2) is 4.79 Å². The molecule has 0 atom stereocenters. The minimum Gasteiger partial charge on any atom is -0.478 e. The summed E-state index contributed by atoms with van der Waals surface area (Å²) in [6.45, 7) is 0. The van der Waals surface area contributed by atoms with Gasteiger partial charge in [0.05, 0.1) is 5.70 Å². The van der Waals surface area contributed by atoms with E-state index >= 15 is 0 Å². The first-order valence-electron chi connectivity index (χ1n) is 2.11. The summed E-state index contributed by atoms with van der Waals surface area (Å²) in [5, 5.41) is 8.11. The molecule has 6 heteroatoms. The number of carbonyl (C=O) groups is 1. The van der Waals surface area contributed by atoms with E-state index in [1.807, 2.05) is 0 Å². The van der Waals surface area contributed by atoms with Crippen molar-refractivity contribution in [1.82, 2.24) is 0 Å². The third-order valence-corrected chi connectivity index (χ3v) is 1.26. The molecule has 0 fully saturated rings. The summed E-state index contributed by atoms with van der Waals surface area (Å²) in [6, 6.07) is 0. The molecule has 3 N–H and O–H groups in total. The fourth-order valence-corrected chi connectivity index (χ4v) is 0.379. The highest BCUT2D eigenvalue weighted by Crippen LogP contribution is 2.31. The van der Waals surface area contributed by atoms with Gasteiger partial charge in [0.25, 0.3) is 0 Å². The number of rotatable bonds is 1. The first kappa shape index (κ1) is 9.88. The molecule has 0 spiro atoms. The van der Waals surface area contributed by atoms with Crippen LogP contribution in [0.1, 0.15) is 0 Å². The van der Waals surface area contributed by atoms with E-state index in [1.54, 1.807) is 0 Å². The molecule has 3 nitrogen and oxygen atoms in total. The Labute approximate surface area is 72.3 Å². The van der Waals surface area contributed by atoms with E-state index in [0.29, 0.717) is 6.08 Å². The molecule has 0 aliphatic rings. The van der Waals surface area contributed by atoms with Gasteiger partial charge < -0.3 is 10.8 Å². The number of hydrogen-bond donors (Lipinski definition) is 2. The normalized spacial score (nSPS) is 13.3. The number of alkyl halides is 3. The molecular weight excluding hydrogens is 200 g/mol. The van der Waals surface area contributed by atoms with Crippen LogP contribution >= 0.6 is 34.8 Å². The van der Waals surface area contributed by atoms with Crippen LogP contribution in [0.5, 0.6) is 0 Å². The second kappa shape index (κ2) is 3.32. The van der Waals surface area contributed by atoms with Gasteiger partial charge in [-0.3, -0.25) is 0 Å². The third kappa shape index (κ3) is 3.82. The Morgan fingerprint density at radius 2 is 1.90 bits per heavy atom. The Balaban J connectivity index is 4.35. The monoisotopic (exact) mass is 203 g/mol. The maximum absolute atomic E-state index is 9.92. The van der Waals surface area contributed by atoms with E-state index in [2.05, 4.69) is 0 Å². The predicted octanol–water partition coefficient (Wildman–Crippen LogP) is 1.28. The standard InChI is InChI=1S/C4H4Cl3NO2/c5-4(6,7)2(8)1-3(9)10/h1H,8H2,(H,9,10). The zero-order valence-electron chi connectivity index (χ0n) is 4.64. The molecule has 0 amide bonds. The van der Waals surface area contributed by atoms with Crippen molar-refractivity contribution in [3.05, 3.63) is 11.8 Å². The van der Waals surface area contributed by atoms with E-state index in [0.717, 1.165) is 0 Å². The van der Waals surface area contributed by atoms with E-state index < -0.39 is 9.76 Å². The molecule has 0 unspecified atom stereocenters. The van der Waals surface area contributed by atoms with Gasteiger partial charge in [-0.05, 0) is 0 Å². The van der Waals surface area contributed by atoms with Crippen LogP contribution in [0.3, 0.4) is 0 Å². The maximum Gasteiger partial charge on any atom is 0.330 e. The maximum atomic E-state index is 9.92. The Hall–Kier alpha value is -0.120. The van der Waals surface area contributed by atoms with E-state index in [9.17, 15) is 4.79 Å². The number of carboxylic acids is 1. The summed E-state index contributed by atoms with van der Waals surface area (Å²) in [4.78, 5) is 9.92. The van der Waals surface area contributed by atoms with Gasteiger partial charge >= 0.3 is 5.97 Å². The van der Waals surface area contributed by atoms with Gasteiger partial charge in [0.1, 0.15) is 0 Å². The summed E-state index contributed by atoms with van der Waals surface area (Å²) >= 11 is 15.6. The van der Waals surface area contributed by atoms with Crippen molar-refractivity contribution in [2.24, 2.45) is 5.73 Å². The smallest absolute Gasteiger partial charge is 0.330 e. The average Bonchev–Trinajstić information content (AvgIpc) is 1.60. The van der Waals surface area contributed by atoms with Crippen LogP contribution in [0.2, 0.25) is 0 Å². The number of nitrogens with two attached hydrogens (primary N) is 1. The van der Waals surface area contributed by atoms with Crippen molar-refractivity contribution in [3.8, 4) is 0 Å². The number of hydrogen-bond acceptors (Lipinski definition) is 2. The topological polar surface area (TPSA) is 63.3 Å². The van der Waals surface area contributed by atoms with Gasteiger partial charge in [-0.1, -0.05) is 34.8 Å². The summed E-state index contributed by atoms with van der Waals surface area (Å²) in [5.74, 6) is -1.25. The molecule has 58 valence electrons. The molecule has 0 aromatic carbocycles. The van der Waals surface area contributed by atoms with Crippen LogP contribution in [0.25, 0.3) is 0 Å². The Kier molecular flexibility index (Phi) is 3.28. The van der Waals surface area contributed by atoms with Crippen LogP contribution in [0.15, 0.2) is 11.8 Å². The van der Waals surface area contributed by atoms with Crippen molar-refractivity contribution in [2.75, 3.05) is 0 Å². The van der Waals surface area contributed by atoms with Crippen molar-refractivity contribution >= 4 is 40.8 Å². The zero-order chi connectivity index (χ0) is 8.36. The molecule has 0 saturated carbocycles. The van der Waals surface area contributed by atoms with Crippen molar-refractivity contribution in [1.29, 1.82) is 0 Å². The van der Waals surface area contributed by atoms with Gasteiger partial charge in [0, 0.05) is 6.08 Å². The third-order valence-electron chi connectivity index (χ3n) is 0.606. The van der Waals surface area contributed by atoms with E-state index in [1.165, 1.54) is 0 Å². The second-order valence-electron chi connectivity index (χ2n) is 1.44. The number of allylic oxidation sites excluding steroid dienone is 1. The second-order valence-corrected chi connectivity index (χ2v) is 3.72. The highest BCUT2D eigenvalue weighted by atomic mass is 35.6. The minimum atomic E-state index is -1.83. The lowest BCUT2D eigenvalue weighted by Crippen LogP contribution is -2.17. The van der Waals surface area contributed by atoms with E-state index in [4.69, 9.17) is 45.6 Å². The van der Waals surface area contributed by atoms with E-state index in [-0.39, 0.29) is 5.70 Å². The molecule has 0 aromatic rings. The summed E-state index contributed by atoms with van der Waals surface area (Å²) in [7, 11) is 0. The Bertz CT molecular complexity index is 172. The van der Waals surface area contributed by atoms with Gasteiger partial charge in [-0.15, -0.1) is 0 Å². The summed E-state index contributed by atoms with van der Waals surface area (Å²) in [6.07, 6.45) is 0.632. The molecule has 0 bridgehead atoms. The lowest BCUT2D eigenvalue weighted by atomic mass is 10.4. The molecule has 0 rings (SSSR count). The minimum absolute atomic E-state index is 0.315. The van der Waals surface area contributed by atoms with Crippen LogP contribution < -0.4 is 5.73 Å². The van der Waals surface area contributed by atoms with Gasteiger partial charge in [-0.2, -0.15) is 0 Å². The number of halogens is 3. The summed E-state index contributed by atoms with van der Waals surface area (Å²) < 4.78 is -1.83. The zero-order valence-corrected chi connectivity index (χ0v) is 6.91. The quantitative estimate of drug-likeness (QED) is 0.500. The van der Waals surface area contributed by atoms with Crippen molar-refractivity contribution in [2.45, 2.75) is 3.79 Å². The number of aliphatic carboxylic acids is 1. The van der Waals surface area contributed by atoms with Crippen LogP contribution in [0.4, 0.5) is 0 Å². The molecule has 10 heavy (non-hydrogen) atoms. The predicted molar refractivity (Wildman–Crippen MR) is 40.2 cm³/mol. The lowest BCUT2D eigenvalue weighted by molar-refractivity contribution is -0.131. The highest BCUT2D eigenvalue weighted by Gasteiger charge is 2.23. The average molecular weight is 204 g/mol. The van der Waals surface area contributed by atoms with Crippen molar-refractivity contribution in [3.63, 3.8) is 0 Å². The van der Waals surface area contributed by atoms with Crippen molar-refractivity contribution < 1.29 is 9.90 Å². The van der Waals surface area contributed by atoms with Crippen LogP contribution in [0, 0.1) is 0 Å². The van der Waals surface area contributed by atoms with Crippen LogP contribution in [-0.2, 0) is 4.79 Å². The first-order valence-corrected chi connectivity index (χ1v) is 3.24. The largest absolute Gasteiger partial charge is 0.478 e. The number of carboxylic acid groups (broad SMARTS) is 1. The fraction of sp³-hybridized carbons (Fsp3) is 0.250. The fourth-order valence-electron chi connectivity index (χ4n) is 0.215. The van der Waals surface area contributed by atoms with Crippen LogP contribution in [-0.4, -0.2) is 14.9 Å².